The molecule has 1 aromatic heterocycles. The number of rotatable bonds is 20. The molecular formula is C27H51IN2O. The number of unbranched alkanes of at least 4 members (excludes halogenated alkanes) is 15. The fourth-order valence-electron chi connectivity index (χ4n) is 4.10. The summed E-state index contributed by atoms with van der Waals surface area (Å²) < 4.78 is 2.12. The second-order valence-corrected chi connectivity index (χ2v) is 9.19. The molecule has 0 aliphatic rings. The molecule has 0 spiro atoms. The normalized spacial score (nSPS) is 12.4. The van der Waals surface area contributed by atoms with Gasteiger partial charge >= 0.3 is 0 Å². The lowest BCUT2D eigenvalue weighted by Gasteiger charge is -2.01. The number of imidazole rings is 1. The highest BCUT2D eigenvalue weighted by Crippen LogP contribution is 2.13. The first-order valence-corrected chi connectivity index (χ1v) is 13.1. The van der Waals surface area contributed by atoms with Crippen LogP contribution in [0.2, 0.25) is 0 Å². The van der Waals surface area contributed by atoms with E-state index in [1.165, 1.54) is 115 Å². The van der Waals surface area contributed by atoms with E-state index in [1.54, 1.807) is 0 Å². The molecule has 2 N–H and O–H groups in total. The summed E-state index contributed by atoms with van der Waals surface area (Å²) in [5.74, 6) is 1.23. The maximum Gasteiger partial charge on any atom is 0.254 e. The van der Waals surface area contributed by atoms with Crippen LogP contribution in [0.25, 0.3) is 0 Å². The molecule has 0 saturated heterocycles. The molecule has 1 rings (SSSR count). The molecule has 1 heterocycles. The van der Waals surface area contributed by atoms with Gasteiger partial charge in [0.25, 0.3) is 5.82 Å². The molecular weight excluding hydrogens is 495 g/mol. The van der Waals surface area contributed by atoms with E-state index in [2.05, 4.69) is 35.7 Å². The Bertz CT molecular complexity index is 539. The van der Waals surface area contributed by atoms with Gasteiger partial charge in [-0.2, -0.15) is 0 Å². The van der Waals surface area contributed by atoms with Crippen LogP contribution >= 0.6 is 0 Å². The van der Waals surface area contributed by atoms with Gasteiger partial charge in [-0.25, -0.2) is 9.55 Å². The predicted molar refractivity (Wildman–Crippen MR) is 130 cm³/mol. The fourth-order valence-corrected chi connectivity index (χ4v) is 4.10. The van der Waals surface area contributed by atoms with Gasteiger partial charge < -0.3 is 29.1 Å². The van der Waals surface area contributed by atoms with E-state index in [9.17, 15) is 5.11 Å². The summed E-state index contributed by atoms with van der Waals surface area (Å²) in [4.78, 5) is 3.35. The van der Waals surface area contributed by atoms with E-state index in [0.717, 1.165) is 12.1 Å². The number of aliphatic hydroxyl groups is 1. The lowest BCUT2D eigenvalue weighted by Crippen LogP contribution is -3.00. The van der Waals surface area contributed by atoms with Crippen molar-refractivity contribution in [3.63, 3.8) is 0 Å². The Balaban J connectivity index is 0.00000900. The van der Waals surface area contributed by atoms with Crippen LogP contribution in [0.15, 0.2) is 18.3 Å². The second-order valence-electron chi connectivity index (χ2n) is 9.19. The van der Waals surface area contributed by atoms with Gasteiger partial charge in [-0.1, -0.05) is 96.1 Å². The molecule has 0 fully saturated rings. The highest BCUT2D eigenvalue weighted by Gasteiger charge is 2.15. The van der Waals surface area contributed by atoms with Gasteiger partial charge in [0.2, 0.25) is 0 Å². The Morgan fingerprint density at radius 2 is 1.26 bits per heavy atom. The third kappa shape index (κ3) is 16.9. The van der Waals surface area contributed by atoms with Crippen molar-refractivity contribution in [1.82, 2.24) is 4.98 Å². The Morgan fingerprint density at radius 1 is 0.806 bits per heavy atom. The van der Waals surface area contributed by atoms with Gasteiger partial charge in [0.05, 0.1) is 7.05 Å². The topological polar surface area (TPSA) is 39.9 Å². The number of H-pyrrole nitrogens is 1. The zero-order valence-electron chi connectivity index (χ0n) is 20.8. The van der Waals surface area contributed by atoms with E-state index in [-0.39, 0.29) is 24.0 Å². The molecule has 4 heteroatoms. The lowest BCUT2D eigenvalue weighted by molar-refractivity contribution is -0.678. The highest BCUT2D eigenvalue weighted by molar-refractivity contribution is 4.97. The van der Waals surface area contributed by atoms with E-state index < -0.39 is 6.10 Å². The first-order valence-electron chi connectivity index (χ1n) is 13.1. The van der Waals surface area contributed by atoms with Crippen LogP contribution in [-0.4, -0.2) is 10.1 Å². The Morgan fingerprint density at radius 3 is 1.71 bits per heavy atom. The van der Waals surface area contributed by atoms with Crippen LogP contribution in [0, 0.1) is 0 Å². The van der Waals surface area contributed by atoms with Crippen LogP contribution in [0.3, 0.4) is 0 Å². The van der Waals surface area contributed by atoms with E-state index in [4.69, 9.17) is 0 Å². The summed E-state index contributed by atoms with van der Waals surface area (Å²) in [6.07, 6.45) is 30.8. The number of nitrogens with one attached hydrogen (secondary N) is 1. The van der Waals surface area contributed by atoms with E-state index >= 15 is 0 Å². The fraction of sp³-hybridized carbons (Fsp3) is 0.815. The number of hydrogen-bond acceptors (Lipinski definition) is 1. The summed E-state index contributed by atoms with van der Waals surface area (Å²) in [5, 5.41) is 9.65. The van der Waals surface area contributed by atoms with E-state index in [1.807, 2.05) is 13.1 Å². The molecule has 3 nitrogen and oxygen atoms in total. The molecule has 31 heavy (non-hydrogen) atoms. The van der Waals surface area contributed by atoms with Crippen molar-refractivity contribution in [3.05, 3.63) is 29.9 Å². The van der Waals surface area contributed by atoms with Gasteiger partial charge in [0.15, 0.2) is 5.69 Å². The molecule has 0 aliphatic carbocycles. The largest absolute Gasteiger partial charge is 1.00 e. The Labute approximate surface area is 210 Å². The van der Waals surface area contributed by atoms with Crippen LogP contribution in [0.1, 0.15) is 141 Å². The minimum absolute atomic E-state index is 0. The lowest BCUT2D eigenvalue weighted by atomic mass is 10.1. The molecule has 0 aliphatic heterocycles. The molecule has 0 saturated carbocycles. The van der Waals surface area contributed by atoms with Crippen LogP contribution in [-0.2, 0) is 13.5 Å². The van der Waals surface area contributed by atoms with Crippen molar-refractivity contribution in [2.24, 2.45) is 7.05 Å². The van der Waals surface area contributed by atoms with Gasteiger partial charge in [0, 0.05) is 6.42 Å². The third-order valence-corrected chi connectivity index (χ3v) is 6.17. The first-order chi connectivity index (χ1) is 14.6. The van der Waals surface area contributed by atoms with Crippen molar-refractivity contribution in [2.75, 3.05) is 0 Å². The SMILES string of the molecule is CCCCCCCCCCC=CCCCCCCCCCc1[nH]c(C(C)O)c[n+]1C.[I-]. The average Bonchev–Trinajstić information content (AvgIpc) is 3.10. The zero-order valence-corrected chi connectivity index (χ0v) is 23.0. The standard InChI is InChI=1S/C27H50N2O.HI/c1-4-5-6-7-8-9-10-11-12-13-14-15-16-17-18-19-20-21-22-23-27-28-26(25(2)30)24-29(27)3;/h13-14,24-25,30H,4-12,15-23H2,1-3H3;1H. The summed E-state index contributed by atoms with van der Waals surface area (Å²) in [5.41, 5.74) is 0.916. The molecule has 0 aromatic carbocycles. The van der Waals surface area contributed by atoms with E-state index in [0.29, 0.717) is 0 Å². The van der Waals surface area contributed by atoms with Crippen molar-refractivity contribution in [2.45, 2.75) is 136 Å². The Kier molecular flexibility index (Phi) is 21.2. The molecule has 1 unspecified atom stereocenters. The molecule has 0 radical (unpaired) electrons. The predicted octanol–water partition coefficient (Wildman–Crippen LogP) is 4.65. The summed E-state index contributed by atoms with van der Waals surface area (Å²) >= 11 is 0. The maximum absolute atomic E-state index is 9.65. The minimum atomic E-state index is -0.412. The van der Waals surface area contributed by atoms with Crippen molar-refractivity contribution >= 4 is 0 Å². The minimum Gasteiger partial charge on any atom is -1.00 e. The zero-order chi connectivity index (χ0) is 21.9. The highest BCUT2D eigenvalue weighted by atomic mass is 127. The number of hydrogen-bond donors (Lipinski definition) is 2. The summed E-state index contributed by atoms with van der Waals surface area (Å²) in [6, 6.07) is 0. The monoisotopic (exact) mass is 546 g/mol. The summed E-state index contributed by atoms with van der Waals surface area (Å²) in [6.45, 7) is 4.10. The van der Waals surface area contributed by atoms with Gasteiger partial charge in [-0.15, -0.1) is 0 Å². The molecule has 1 aromatic rings. The summed E-state index contributed by atoms with van der Waals surface area (Å²) in [7, 11) is 2.06. The van der Waals surface area contributed by atoms with Crippen LogP contribution < -0.4 is 28.5 Å². The first kappa shape index (κ1) is 30.6. The molecule has 0 bridgehead atoms. The number of nitrogens with zero attached hydrogens (tertiary/aromatic N) is 1. The number of aromatic nitrogens is 2. The molecule has 182 valence electrons. The maximum atomic E-state index is 9.65. The van der Waals surface area contributed by atoms with Crippen molar-refractivity contribution in [3.8, 4) is 0 Å². The number of aromatic amines is 1. The second kappa shape index (κ2) is 21.5. The van der Waals surface area contributed by atoms with Gasteiger partial charge in [-0.05, 0) is 39.0 Å². The van der Waals surface area contributed by atoms with Crippen LogP contribution in [0.5, 0.6) is 0 Å². The number of allylic oxidation sites excluding steroid dienone is 2. The Hall–Kier alpha value is -0.360. The quantitative estimate of drug-likeness (QED) is 0.106. The van der Waals surface area contributed by atoms with Crippen molar-refractivity contribution < 1.29 is 33.7 Å². The molecule has 1 atom stereocenters. The van der Waals surface area contributed by atoms with Crippen molar-refractivity contribution in [1.29, 1.82) is 0 Å². The third-order valence-electron chi connectivity index (χ3n) is 6.17. The van der Waals surface area contributed by atoms with Crippen LogP contribution in [0.4, 0.5) is 0 Å². The van der Waals surface area contributed by atoms with Gasteiger partial charge in [-0.3, -0.25) is 0 Å². The molecule has 0 amide bonds. The smallest absolute Gasteiger partial charge is 0.254 e. The number of aryl methyl sites for hydroxylation is 2. The average molecular weight is 547 g/mol. The number of aliphatic hydroxyl groups excluding tert-OH is 1. The number of halogens is 1. The van der Waals surface area contributed by atoms with Gasteiger partial charge in [0.1, 0.15) is 12.3 Å².